The standard InChI is InChI=1S/C24H28N2O5/c1-3-21(23(28)31-22(27)16(2)25)26(20-13-18-11-7-8-12-19(18)14-20)24(29)30-15-17-9-5-4-6-10-17/h4-12,16,20-21H,3,13-15,25H2,1-2H3/t16-,21?/m0/s1. The van der Waals surface area contributed by atoms with Gasteiger partial charge < -0.3 is 15.2 Å². The van der Waals surface area contributed by atoms with Crippen LogP contribution in [0.15, 0.2) is 54.6 Å². The molecule has 0 saturated heterocycles. The van der Waals surface area contributed by atoms with Crippen LogP contribution in [0.5, 0.6) is 0 Å². The average molecular weight is 424 g/mol. The Kier molecular flexibility index (Phi) is 7.41. The highest BCUT2D eigenvalue weighted by Gasteiger charge is 2.39. The van der Waals surface area contributed by atoms with Gasteiger partial charge in [0.25, 0.3) is 0 Å². The number of fused-ring (bicyclic) bond motifs is 1. The second-order valence-electron chi connectivity index (χ2n) is 7.73. The van der Waals surface area contributed by atoms with Crippen LogP contribution in [0.3, 0.4) is 0 Å². The minimum absolute atomic E-state index is 0.0834. The summed E-state index contributed by atoms with van der Waals surface area (Å²) in [5.41, 5.74) is 8.62. The number of hydrogen-bond donors (Lipinski definition) is 1. The van der Waals surface area contributed by atoms with E-state index in [1.165, 1.54) is 11.8 Å². The van der Waals surface area contributed by atoms with E-state index in [-0.39, 0.29) is 19.1 Å². The van der Waals surface area contributed by atoms with E-state index in [1.54, 1.807) is 6.92 Å². The topological polar surface area (TPSA) is 98.9 Å². The Hall–Kier alpha value is -3.19. The predicted octanol–water partition coefficient (Wildman–Crippen LogP) is 2.99. The van der Waals surface area contributed by atoms with Crippen molar-refractivity contribution in [2.24, 2.45) is 5.73 Å². The highest BCUT2D eigenvalue weighted by molar-refractivity contribution is 5.92. The first-order valence-corrected chi connectivity index (χ1v) is 10.5. The van der Waals surface area contributed by atoms with Crippen molar-refractivity contribution < 1.29 is 23.9 Å². The fraction of sp³-hybridized carbons (Fsp3) is 0.375. The SMILES string of the molecule is CCC(C(=O)OC(=O)[C@H](C)N)N(C(=O)OCc1ccccc1)C1Cc2ccccc2C1. The van der Waals surface area contributed by atoms with Crippen LogP contribution in [-0.4, -0.2) is 41.1 Å². The Morgan fingerprint density at radius 2 is 1.58 bits per heavy atom. The molecule has 2 N–H and O–H groups in total. The maximum Gasteiger partial charge on any atom is 0.411 e. The normalized spacial score (nSPS) is 14.9. The molecular formula is C24H28N2O5. The fourth-order valence-electron chi connectivity index (χ4n) is 3.79. The van der Waals surface area contributed by atoms with Crippen molar-refractivity contribution in [1.29, 1.82) is 0 Å². The molecule has 2 aromatic rings. The number of carbonyl (C=O) groups is 3. The van der Waals surface area contributed by atoms with E-state index < -0.39 is 30.1 Å². The number of nitrogens with two attached hydrogens (primary N) is 1. The second kappa shape index (κ2) is 10.2. The van der Waals surface area contributed by atoms with E-state index in [0.717, 1.165) is 16.7 Å². The highest BCUT2D eigenvalue weighted by Crippen LogP contribution is 2.28. The third-order valence-corrected chi connectivity index (χ3v) is 5.41. The van der Waals surface area contributed by atoms with Gasteiger partial charge in [0.05, 0.1) is 0 Å². The lowest BCUT2D eigenvalue weighted by Crippen LogP contribution is -2.52. The number of ether oxygens (including phenoxy) is 2. The van der Waals surface area contributed by atoms with Crippen molar-refractivity contribution in [2.45, 2.75) is 57.8 Å². The molecule has 1 aliphatic rings. The number of rotatable bonds is 7. The summed E-state index contributed by atoms with van der Waals surface area (Å²) < 4.78 is 10.5. The molecule has 1 amide bonds. The van der Waals surface area contributed by atoms with Gasteiger partial charge in [-0.05, 0) is 42.9 Å². The zero-order chi connectivity index (χ0) is 22.4. The molecule has 3 rings (SSSR count). The minimum Gasteiger partial charge on any atom is -0.445 e. The molecule has 0 bridgehead atoms. The zero-order valence-electron chi connectivity index (χ0n) is 17.8. The summed E-state index contributed by atoms with van der Waals surface area (Å²) in [5.74, 6) is -1.62. The Morgan fingerprint density at radius 3 is 2.13 bits per heavy atom. The molecule has 0 saturated carbocycles. The Balaban J connectivity index is 1.81. The number of amides is 1. The van der Waals surface area contributed by atoms with Gasteiger partial charge in [0.15, 0.2) is 0 Å². The molecule has 7 nitrogen and oxygen atoms in total. The summed E-state index contributed by atoms with van der Waals surface area (Å²) >= 11 is 0. The third-order valence-electron chi connectivity index (χ3n) is 5.41. The molecule has 2 atom stereocenters. The molecule has 2 aromatic carbocycles. The van der Waals surface area contributed by atoms with Crippen molar-refractivity contribution in [2.75, 3.05) is 0 Å². The molecule has 0 heterocycles. The summed E-state index contributed by atoms with van der Waals surface area (Å²) in [6, 6.07) is 15.1. The summed E-state index contributed by atoms with van der Waals surface area (Å²) in [5, 5.41) is 0. The smallest absolute Gasteiger partial charge is 0.411 e. The van der Waals surface area contributed by atoms with Gasteiger partial charge >= 0.3 is 18.0 Å². The summed E-state index contributed by atoms with van der Waals surface area (Å²) in [6.07, 6.45) is 0.862. The number of carbonyl (C=O) groups excluding carboxylic acids is 3. The van der Waals surface area contributed by atoms with Crippen molar-refractivity contribution in [3.05, 3.63) is 71.3 Å². The number of hydrogen-bond acceptors (Lipinski definition) is 6. The van der Waals surface area contributed by atoms with E-state index >= 15 is 0 Å². The van der Waals surface area contributed by atoms with E-state index in [1.807, 2.05) is 54.6 Å². The van der Waals surface area contributed by atoms with E-state index in [9.17, 15) is 14.4 Å². The maximum atomic E-state index is 13.2. The average Bonchev–Trinajstić information content (AvgIpc) is 3.19. The lowest BCUT2D eigenvalue weighted by Gasteiger charge is -2.33. The van der Waals surface area contributed by atoms with Crippen molar-refractivity contribution in [3.63, 3.8) is 0 Å². The van der Waals surface area contributed by atoms with Crippen LogP contribution in [0.1, 0.15) is 37.0 Å². The Labute approximate surface area is 182 Å². The van der Waals surface area contributed by atoms with Crippen LogP contribution in [0.2, 0.25) is 0 Å². The molecular weight excluding hydrogens is 396 g/mol. The van der Waals surface area contributed by atoms with Gasteiger partial charge in [0, 0.05) is 6.04 Å². The second-order valence-corrected chi connectivity index (χ2v) is 7.73. The summed E-state index contributed by atoms with van der Waals surface area (Å²) in [6.45, 7) is 3.29. The van der Waals surface area contributed by atoms with Crippen LogP contribution in [0, 0.1) is 0 Å². The van der Waals surface area contributed by atoms with Gasteiger partial charge in [-0.3, -0.25) is 4.90 Å². The van der Waals surface area contributed by atoms with Crippen LogP contribution < -0.4 is 5.73 Å². The maximum absolute atomic E-state index is 13.2. The van der Waals surface area contributed by atoms with Gasteiger partial charge in [-0.25, -0.2) is 14.4 Å². The monoisotopic (exact) mass is 424 g/mol. The van der Waals surface area contributed by atoms with Gasteiger partial charge in [0.1, 0.15) is 18.7 Å². The van der Waals surface area contributed by atoms with Crippen LogP contribution >= 0.6 is 0 Å². The van der Waals surface area contributed by atoms with Gasteiger partial charge in [-0.2, -0.15) is 0 Å². The van der Waals surface area contributed by atoms with Crippen molar-refractivity contribution in [1.82, 2.24) is 4.90 Å². The third kappa shape index (κ3) is 5.49. The molecule has 7 heteroatoms. The number of esters is 2. The summed E-state index contributed by atoms with van der Waals surface area (Å²) in [4.78, 5) is 39.3. The quantitative estimate of drug-likeness (QED) is 0.542. The molecule has 1 aliphatic carbocycles. The lowest BCUT2D eigenvalue weighted by atomic mass is 10.1. The molecule has 0 aromatic heterocycles. The van der Waals surface area contributed by atoms with Crippen LogP contribution in [0.25, 0.3) is 0 Å². The van der Waals surface area contributed by atoms with Crippen LogP contribution in [0.4, 0.5) is 4.79 Å². The first-order valence-electron chi connectivity index (χ1n) is 10.5. The van der Waals surface area contributed by atoms with E-state index in [0.29, 0.717) is 12.8 Å². The fourth-order valence-corrected chi connectivity index (χ4v) is 3.79. The highest BCUT2D eigenvalue weighted by atomic mass is 16.6. The van der Waals surface area contributed by atoms with E-state index in [2.05, 4.69) is 0 Å². The minimum atomic E-state index is -0.953. The molecule has 0 spiro atoms. The molecule has 1 unspecified atom stereocenters. The summed E-state index contributed by atoms with van der Waals surface area (Å²) in [7, 11) is 0. The molecule has 164 valence electrons. The number of nitrogens with zero attached hydrogens (tertiary/aromatic N) is 1. The molecule has 0 aliphatic heterocycles. The van der Waals surface area contributed by atoms with Gasteiger partial charge in [-0.15, -0.1) is 0 Å². The molecule has 0 radical (unpaired) electrons. The zero-order valence-corrected chi connectivity index (χ0v) is 17.8. The Bertz CT molecular complexity index is 904. The van der Waals surface area contributed by atoms with Gasteiger partial charge in [-0.1, -0.05) is 61.5 Å². The lowest BCUT2D eigenvalue weighted by molar-refractivity contribution is -0.164. The molecule has 0 fully saturated rings. The van der Waals surface area contributed by atoms with Crippen LogP contribution in [-0.2, 0) is 38.5 Å². The molecule has 31 heavy (non-hydrogen) atoms. The first kappa shape index (κ1) is 22.5. The van der Waals surface area contributed by atoms with E-state index in [4.69, 9.17) is 15.2 Å². The number of benzene rings is 2. The largest absolute Gasteiger partial charge is 0.445 e. The Morgan fingerprint density at radius 1 is 1.00 bits per heavy atom. The van der Waals surface area contributed by atoms with Gasteiger partial charge in [0.2, 0.25) is 0 Å². The van der Waals surface area contributed by atoms with Crippen molar-refractivity contribution in [3.8, 4) is 0 Å². The first-order chi connectivity index (χ1) is 14.9. The van der Waals surface area contributed by atoms with Crippen molar-refractivity contribution >= 4 is 18.0 Å². The predicted molar refractivity (Wildman–Crippen MR) is 115 cm³/mol.